The standard InChI is InChI=1S/C15H13N5O3S.C12H16N2O4S.C5H6N4.ClH/c1-2-24(22,23)12-9-19-15(14-16-6-3-7-17-14)20-13(12)11-5-4-10(21)8-18-11;1-4-19(17,18)11(8-14(2)3)12(16)10-6-5-9(15)7-13-10;6-4(7)5-8-2-1-3-9-5;/h3-9,21H,2H2,1H3;5-8,15H,4H2,1-3H3;1-3H,(H3,6,7);1H. The van der Waals surface area contributed by atoms with Crippen molar-refractivity contribution < 1.29 is 31.8 Å². The van der Waals surface area contributed by atoms with Crippen molar-refractivity contribution in [2.24, 2.45) is 5.73 Å². The van der Waals surface area contributed by atoms with Crippen molar-refractivity contribution in [3.63, 3.8) is 0 Å². The summed E-state index contributed by atoms with van der Waals surface area (Å²) in [6.45, 7) is 3.01. The number of carbonyl (C=O) groups is 1. The summed E-state index contributed by atoms with van der Waals surface area (Å²) in [5, 5.41) is 25.4. The van der Waals surface area contributed by atoms with Crippen molar-refractivity contribution in [3.05, 3.63) is 102 Å². The lowest BCUT2D eigenvalue weighted by Gasteiger charge is -2.10. The van der Waals surface area contributed by atoms with Gasteiger partial charge in [0.15, 0.2) is 43.0 Å². The van der Waals surface area contributed by atoms with Crippen LogP contribution in [0.5, 0.6) is 11.5 Å². The number of nitrogens with zero attached hydrogens (tertiary/aromatic N) is 9. The number of nitrogen functional groups attached to an aromatic ring is 1. The molecule has 53 heavy (non-hydrogen) atoms. The summed E-state index contributed by atoms with van der Waals surface area (Å²) in [6, 6.07) is 8.79. The van der Waals surface area contributed by atoms with Crippen LogP contribution in [0.3, 0.4) is 0 Å². The lowest BCUT2D eigenvalue weighted by atomic mass is 10.2. The molecule has 5 N–H and O–H groups in total. The van der Waals surface area contributed by atoms with E-state index >= 15 is 0 Å². The van der Waals surface area contributed by atoms with Crippen molar-refractivity contribution in [1.29, 1.82) is 5.41 Å². The highest BCUT2D eigenvalue weighted by Crippen LogP contribution is 2.27. The Hall–Kier alpha value is -5.99. The smallest absolute Gasteiger partial charge is 0.224 e. The Bertz CT molecular complexity index is 2230. The Kier molecular flexibility index (Phi) is 15.9. The second-order valence-corrected chi connectivity index (χ2v) is 14.9. The van der Waals surface area contributed by atoms with E-state index in [1.165, 1.54) is 61.6 Å². The number of hydrogen-bond acceptors (Lipinski definition) is 17. The molecule has 0 amide bonds. The Balaban J connectivity index is 0.000000299. The number of amidine groups is 1. The molecule has 0 saturated heterocycles. The van der Waals surface area contributed by atoms with Crippen LogP contribution in [0.4, 0.5) is 0 Å². The maximum Gasteiger partial charge on any atom is 0.224 e. The average Bonchev–Trinajstić information content (AvgIpc) is 3.15. The summed E-state index contributed by atoms with van der Waals surface area (Å²) in [6.07, 6.45) is 11.0. The monoisotopic (exact) mass is 785 g/mol. The molecule has 5 aromatic heterocycles. The van der Waals surface area contributed by atoms with Gasteiger partial charge in [-0.1, -0.05) is 13.8 Å². The van der Waals surface area contributed by atoms with E-state index in [-0.39, 0.29) is 79.9 Å². The molecule has 0 bridgehead atoms. The third-order valence-corrected chi connectivity index (χ3v) is 9.78. The fourth-order valence-corrected chi connectivity index (χ4v) is 5.78. The zero-order valence-electron chi connectivity index (χ0n) is 28.8. The number of sulfone groups is 2. The third kappa shape index (κ3) is 12.3. The number of nitrogens with one attached hydrogen (secondary N) is 1. The largest absolute Gasteiger partial charge is 0.506 e. The highest BCUT2D eigenvalue weighted by atomic mass is 35.5. The van der Waals surface area contributed by atoms with Gasteiger partial charge in [-0.25, -0.2) is 51.7 Å². The van der Waals surface area contributed by atoms with Crippen molar-refractivity contribution in [1.82, 2.24) is 44.8 Å². The fourth-order valence-electron chi connectivity index (χ4n) is 3.74. The number of pyridine rings is 2. The Labute approximate surface area is 311 Å². The van der Waals surface area contributed by atoms with Gasteiger partial charge in [0.2, 0.25) is 5.78 Å². The molecule has 0 aliphatic heterocycles. The number of aromatic nitrogens is 8. The topological polar surface area (TPSA) is 282 Å². The summed E-state index contributed by atoms with van der Waals surface area (Å²) >= 11 is 0. The van der Waals surface area contributed by atoms with E-state index in [0.717, 1.165) is 6.20 Å². The Morgan fingerprint density at radius 3 is 1.81 bits per heavy atom. The van der Waals surface area contributed by atoms with Crippen LogP contribution in [0, 0.1) is 5.41 Å². The molecular weight excluding hydrogens is 750 g/mol. The average molecular weight is 786 g/mol. The van der Waals surface area contributed by atoms with Gasteiger partial charge in [0.05, 0.1) is 35.8 Å². The maximum atomic E-state index is 12.3. The highest BCUT2D eigenvalue weighted by Gasteiger charge is 2.26. The molecule has 0 aliphatic rings. The minimum absolute atomic E-state index is 0. The van der Waals surface area contributed by atoms with E-state index in [1.807, 2.05) is 0 Å². The van der Waals surface area contributed by atoms with Gasteiger partial charge < -0.3 is 20.8 Å². The van der Waals surface area contributed by atoms with Gasteiger partial charge in [0.1, 0.15) is 32.7 Å². The number of aromatic hydroxyl groups is 2. The molecule has 21 heteroatoms. The summed E-state index contributed by atoms with van der Waals surface area (Å²) in [5.41, 5.74) is 5.50. The number of hydrogen-bond donors (Lipinski definition) is 4. The van der Waals surface area contributed by atoms with E-state index < -0.39 is 25.5 Å². The fraction of sp³-hybridized carbons (Fsp3) is 0.188. The molecule has 0 unspecified atom stereocenters. The maximum absolute atomic E-state index is 12.3. The number of halogens is 1. The van der Waals surface area contributed by atoms with E-state index in [2.05, 4.69) is 39.9 Å². The Morgan fingerprint density at radius 2 is 1.36 bits per heavy atom. The van der Waals surface area contributed by atoms with Gasteiger partial charge in [0.25, 0.3) is 0 Å². The number of Topliss-reactive ketones (excluding diaryl/α,β-unsaturated/α-hetero) is 1. The van der Waals surface area contributed by atoms with Gasteiger partial charge in [-0.2, -0.15) is 0 Å². The minimum Gasteiger partial charge on any atom is -0.506 e. The summed E-state index contributed by atoms with van der Waals surface area (Å²) in [7, 11) is -3.94. The third-order valence-electron chi connectivity index (χ3n) is 6.33. The van der Waals surface area contributed by atoms with Crippen molar-refractivity contribution in [3.8, 4) is 34.5 Å². The number of ketones is 1. The van der Waals surface area contributed by atoms with Crippen LogP contribution in [0.25, 0.3) is 23.0 Å². The molecule has 0 spiro atoms. The first kappa shape index (κ1) is 43.2. The Morgan fingerprint density at radius 1 is 0.792 bits per heavy atom. The predicted molar refractivity (Wildman–Crippen MR) is 197 cm³/mol. The molecule has 18 nitrogen and oxygen atoms in total. The summed E-state index contributed by atoms with van der Waals surface area (Å²) < 4.78 is 48.5. The van der Waals surface area contributed by atoms with E-state index in [1.54, 1.807) is 51.0 Å². The lowest BCUT2D eigenvalue weighted by molar-refractivity contribution is 0.103. The van der Waals surface area contributed by atoms with Crippen LogP contribution >= 0.6 is 12.4 Å². The molecule has 0 aromatic carbocycles. The van der Waals surface area contributed by atoms with Gasteiger partial charge in [-0.15, -0.1) is 12.4 Å². The molecule has 5 heterocycles. The highest BCUT2D eigenvalue weighted by molar-refractivity contribution is 7.96. The lowest BCUT2D eigenvalue weighted by Crippen LogP contribution is -2.19. The van der Waals surface area contributed by atoms with Gasteiger partial charge in [0, 0.05) is 45.1 Å². The first-order chi connectivity index (χ1) is 24.6. The predicted octanol–water partition coefficient (Wildman–Crippen LogP) is 2.48. The van der Waals surface area contributed by atoms with Crippen LogP contribution < -0.4 is 5.73 Å². The second kappa shape index (κ2) is 19.6. The first-order valence-corrected chi connectivity index (χ1v) is 18.3. The second-order valence-electron chi connectivity index (χ2n) is 10.4. The van der Waals surface area contributed by atoms with Crippen molar-refractivity contribution >= 4 is 43.7 Å². The normalized spacial score (nSPS) is 11.1. The molecule has 280 valence electrons. The SMILES string of the molecule is CCS(=O)(=O)C(=CN(C)C)C(=O)c1ccc(O)cn1.CCS(=O)(=O)c1cnc(-c2ncccn2)nc1-c1ccc(O)cn1.Cl.N=C(N)c1ncccn1. The van der Waals surface area contributed by atoms with Crippen molar-refractivity contribution in [2.75, 3.05) is 25.6 Å². The van der Waals surface area contributed by atoms with Crippen LogP contribution in [-0.4, -0.2) is 109 Å². The summed E-state index contributed by atoms with van der Waals surface area (Å²) in [4.78, 5) is 45.0. The minimum atomic E-state index is -3.65. The van der Waals surface area contributed by atoms with Gasteiger partial charge in [-0.3, -0.25) is 15.2 Å². The zero-order chi connectivity index (χ0) is 38.5. The van der Waals surface area contributed by atoms with Crippen LogP contribution in [-0.2, 0) is 19.7 Å². The van der Waals surface area contributed by atoms with Crippen LogP contribution in [0.2, 0.25) is 0 Å². The van der Waals surface area contributed by atoms with Gasteiger partial charge in [-0.05, 0) is 36.4 Å². The molecular formula is C32H36ClN11O7S2. The summed E-state index contributed by atoms with van der Waals surface area (Å²) in [5.74, 6) is -0.427. The van der Waals surface area contributed by atoms with Crippen molar-refractivity contribution in [2.45, 2.75) is 18.7 Å². The quantitative estimate of drug-likeness (QED) is 0.0684. The van der Waals surface area contributed by atoms with Crippen LogP contribution in [0.15, 0.2) is 95.8 Å². The zero-order valence-corrected chi connectivity index (χ0v) is 31.2. The molecule has 5 aromatic rings. The molecule has 0 radical (unpaired) electrons. The molecule has 0 aliphatic carbocycles. The number of nitrogens with two attached hydrogens (primary N) is 1. The van der Waals surface area contributed by atoms with Crippen LogP contribution in [0.1, 0.15) is 30.2 Å². The molecule has 0 saturated carbocycles. The van der Waals surface area contributed by atoms with E-state index in [0.29, 0.717) is 5.69 Å². The number of rotatable bonds is 10. The number of carbonyl (C=O) groups excluding carboxylic acids is 1. The molecule has 5 rings (SSSR count). The molecule has 0 fully saturated rings. The molecule has 0 atom stereocenters. The van der Waals surface area contributed by atoms with E-state index in [9.17, 15) is 26.7 Å². The number of allylic oxidation sites excluding steroid dienone is 1. The first-order valence-electron chi connectivity index (χ1n) is 15.0. The van der Waals surface area contributed by atoms with E-state index in [4.69, 9.17) is 16.2 Å². The van der Waals surface area contributed by atoms with Gasteiger partial charge >= 0.3 is 0 Å².